The number of alkyl halides is 3. The van der Waals surface area contributed by atoms with Gasteiger partial charge in [-0.25, -0.2) is 9.50 Å². The van der Waals surface area contributed by atoms with Gasteiger partial charge in [-0.2, -0.15) is 23.3 Å². The van der Waals surface area contributed by atoms with Gasteiger partial charge in [0.2, 0.25) is 5.82 Å². The van der Waals surface area contributed by atoms with Crippen molar-refractivity contribution in [3.05, 3.63) is 70.4 Å². The zero-order valence-corrected chi connectivity index (χ0v) is 19.4. The van der Waals surface area contributed by atoms with E-state index in [2.05, 4.69) is 20.2 Å². The minimum absolute atomic E-state index is 0.0110. The van der Waals surface area contributed by atoms with Gasteiger partial charge < -0.3 is 9.26 Å². The third kappa shape index (κ3) is 4.21. The fourth-order valence-corrected chi connectivity index (χ4v) is 3.79. The lowest BCUT2D eigenvalue weighted by molar-refractivity contribution is -0.142. The van der Waals surface area contributed by atoms with E-state index >= 15 is 0 Å². The molecule has 0 saturated carbocycles. The summed E-state index contributed by atoms with van der Waals surface area (Å²) in [7, 11) is 1.48. The summed E-state index contributed by atoms with van der Waals surface area (Å²) in [5, 5.41) is 8.41. The Morgan fingerprint density at radius 1 is 0.943 bits per heavy atom. The number of aryl methyl sites for hydroxylation is 2. The van der Waals surface area contributed by atoms with Crippen molar-refractivity contribution in [2.75, 3.05) is 7.11 Å². The highest BCUT2D eigenvalue weighted by atomic mass is 35.5. The van der Waals surface area contributed by atoms with Crippen LogP contribution in [0.4, 0.5) is 13.2 Å². The van der Waals surface area contributed by atoms with Crippen molar-refractivity contribution in [3.63, 3.8) is 0 Å². The molecule has 0 fully saturated rings. The van der Waals surface area contributed by atoms with E-state index in [-0.39, 0.29) is 28.8 Å². The first-order chi connectivity index (χ1) is 16.6. The second-order valence-corrected chi connectivity index (χ2v) is 8.33. The molecule has 7 nitrogen and oxygen atoms in total. The zero-order chi connectivity index (χ0) is 24.9. The van der Waals surface area contributed by atoms with Crippen LogP contribution < -0.4 is 4.74 Å². The van der Waals surface area contributed by atoms with Gasteiger partial charge in [-0.3, -0.25) is 0 Å². The minimum Gasteiger partial charge on any atom is -0.496 e. The van der Waals surface area contributed by atoms with Gasteiger partial charge in [0.05, 0.1) is 18.4 Å². The van der Waals surface area contributed by atoms with Gasteiger partial charge in [0.25, 0.3) is 5.89 Å². The van der Waals surface area contributed by atoms with Crippen LogP contribution in [0, 0.1) is 13.8 Å². The predicted molar refractivity (Wildman–Crippen MR) is 123 cm³/mol. The quantitative estimate of drug-likeness (QED) is 0.284. The molecule has 0 spiro atoms. The van der Waals surface area contributed by atoms with E-state index in [1.54, 1.807) is 30.3 Å². The fraction of sp³-hybridized carbons (Fsp3) is 0.167. The minimum atomic E-state index is -4.67. The third-order valence-corrected chi connectivity index (χ3v) is 5.80. The second-order valence-electron chi connectivity index (χ2n) is 7.89. The Morgan fingerprint density at radius 3 is 2.46 bits per heavy atom. The van der Waals surface area contributed by atoms with Crippen molar-refractivity contribution in [3.8, 4) is 40.0 Å². The van der Waals surface area contributed by atoms with Gasteiger partial charge in [0, 0.05) is 16.7 Å². The molecule has 0 saturated heterocycles. The van der Waals surface area contributed by atoms with E-state index in [0.29, 0.717) is 21.9 Å². The maximum absolute atomic E-state index is 13.9. The molecule has 5 aromatic rings. The normalized spacial score (nSPS) is 11.9. The fourth-order valence-electron chi connectivity index (χ4n) is 3.62. The molecule has 0 aliphatic carbocycles. The Bertz CT molecular complexity index is 1580. The Balaban J connectivity index is 1.63. The Hall–Kier alpha value is -3.92. The molecule has 0 aliphatic rings. The molecule has 11 heteroatoms. The van der Waals surface area contributed by atoms with Gasteiger partial charge in [-0.1, -0.05) is 28.9 Å². The van der Waals surface area contributed by atoms with Crippen molar-refractivity contribution < 1.29 is 22.4 Å². The average Bonchev–Trinajstić information content (AvgIpc) is 3.46. The maximum Gasteiger partial charge on any atom is 0.433 e. The van der Waals surface area contributed by atoms with E-state index in [9.17, 15) is 13.2 Å². The van der Waals surface area contributed by atoms with Crippen LogP contribution >= 0.6 is 11.6 Å². The Labute approximate surface area is 202 Å². The van der Waals surface area contributed by atoms with Crippen LogP contribution in [-0.4, -0.2) is 31.8 Å². The molecule has 0 amide bonds. The van der Waals surface area contributed by atoms with E-state index < -0.39 is 11.9 Å². The summed E-state index contributed by atoms with van der Waals surface area (Å²) in [4.78, 5) is 8.70. The Kier molecular flexibility index (Phi) is 5.47. The molecule has 0 N–H and O–H groups in total. The van der Waals surface area contributed by atoms with Crippen LogP contribution in [0.25, 0.3) is 39.9 Å². The molecule has 0 unspecified atom stereocenters. The smallest absolute Gasteiger partial charge is 0.433 e. The lowest BCUT2D eigenvalue weighted by Gasteiger charge is -2.11. The standard InChI is InChI=1S/C24H17ClF3N5O2/c1-12-4-5-14(8-13(12)2)17-10-20(24(26,27)28)33-21(29-17)11-18(31-33)23-30-22(32-35-23)16-9-15(25)6-7-19(16)34-3/h4-11H,1-3H3. The summed E-state index contributed by atoms with van der Waals surface area (Å²) < 4.78 is 53.2. The van der Waals surface area contributed by atoms with Crippen molar-refractivity contribution in [1.29, 1.82) is 0 Å². The number of halogens is 4. The van der Waals surface area contributed by atoms with Gasteiger partial charge >= 0.3 is 6.18 Å². The molecule has 0 bridgehead atoms. The van der Waals surface area contributed by atoms with Gasteiger partial charge in [-0.15, -0.1) is 0 Å². The first-order valence-corrected chi connectivity index (χ1v) is 10.8. The zero-order valence-electron chi connectivity index (χ0n) is 18.7. The summed E-state index contributed by atoms with van der Waals surface area (Å²) >= 11 is 6.07. The van der Waals surface area contributed by atoms with Crippen LogP contribution in [0.5, 0.6) is 5.75 Å². The van der Waals surface area contributed by atoms with E-state index in [1.165, 1.54) is 13.2 Å². The molecular weight excluding hydrogens is 483 g/mol. The number of hydrogen-bond donors (Lipinski definition) is 0. The maximum atomic E-state index is 13.9. The van der Waals surface area contributed by atoms with E-state index in [4.69, 9.17) is 20.9 Å². The highest BCUT2D eigenvalue weighted by molar-refractivity contribution is 6.30. The molecule has 178 valence electrons. The number of methoxy groups -OCH3 is 1. The summed E-state index contributed by atoms with van der Waals surface area (Å²) in [6.45, 7) is 3.82. The highest BCUT2D eigenvalue weighted by Crippen LogP contribution is 2.35. The molecule has 3 aromatic heterocycles. The number of hydrogen-bond acceptors (Lipinski definition) is 6. The largest absolute Gasteiger partial charge is 0.496 e. The van der Waals surface area contributed by atoms with Crippen molar-refractivity contribution in [2.45, 2.75) is 20.0 Å². The number of nitrogens with zero attached hydrogens (tertiary/aromatic N) is 5. The molecule has 5 rings (SSSR count). The number of fused-ring (bicyclic) bond motifs is 1. The number of ether oxygens (including phenoxy) is 1. The van der Waals surface area contributed by atoms with Gasteiger partial charge in [0.1, 0.15) is 5.75 Å². The second kappa shape index (κ2) is 8.38. The lowest BCUT2D eigenvalue weighted by Crippen LogP contribution is -2.13. The molecule has 2 aromatic carbocycles. The number of aromatic nitrogens is 5. The first kappa shape index (κ1) is 22.9. The van der Waals surface area contributed by atoms with Crippen molar-refractivity contribution in [1.82, 2.24) is 24.7 Å². The van der Waals surface area contributed by atoms with Crippen molar-refractivity contribution in [2.24, 2.45) is 0 Å². The lowest BCUT2D eigenvalue weighted by atomic mass is 10.0. The van der Waals surface area contributed by atoms with E-state index in [1.807, 2.05) is 19.9 Å². The van der Waals surface area contributed by atoms with E-state index in [0.717, 1.165) is 21.7 Å². The monoisotopic (exact) mass is 499 g/mol. The number of rotatable bonds is 4. The van der Waals surface area contributed by atoms with Crippen LogP contribution in [0.3, 0.4) is 0 Å². The van der Waals surface area contributed by atoms with Crippen LogP contribution in [0.15, 0.2) is 53.1 Å². The SMILES string of the molecule is COc1ccc(Cl)cc1-c1noc(-c2cc3nc(-c4ccc(C)c(C)c4)cc(C(F)(F)F)n3n2)n1. The summed E-state index contributed by atoms with van der Waals surface area (Å²) in [6, 6.07) is 12.6. The summed E-state index contributed by atoms with van der Waals surface area (Å²) in [5.41, 5.74) is 2.24. The first-order valence-electron chi connectivity index (χ1n) is 10.4. The molecular formula is C24H17ClF3N5O2. The van der Waals surface area contributed by atoms with Gasteiger partial charge in [-0.05, 0) is 55.3 Å². The molecule has 0 radical (unpaired) electrons. The summed E-state index contributed by atoms with van der Waals surface area (Å²) in [5.74, 6) is 0.528. The van der Waals surface area contributed by atoms with Crippen LogP contribution in [0.1, 0.15) is 16.8 Å². The Morgan fingerprint density at radius 2 is 1.74 bits per heavy atom. The van der Waals surface area contributed by atoms with Crippen molar-refractivity contribution >= 4 is 17.2 Å². The molecule has 35 heavy (non-hydrogen) atoms. The predicted octanol–water partition coefficient (Wildman–Crippen LogP) is 6.41. The highest BCUT2D eigenvalue weighted by Gasteiger charge is 2.35. The van der Waals surface area contributed by atoms with Gasteiger partial charge in [0.15, 0.2) is 17.0 Å². The number of benzene rings is 2. The van der Waals surface area contributed by atoms with Crippen LogP contribution in [-0.2, 0) is 6.18 Å². The molecule has 3 heterocycles. The topological polar surface area (TPSA) is 78.3 Å². The summed E-state index contributed by atoms with van der Waals surface area (Å²) in [6.07, 6.45) is -4.67. The molecule has 0 atom stereocenters. The molecule has 0 aliphatic heterocycles. The third-order valence-electron chi connectivity index (χ3n) is 5.57. The van der Waals surface area contributed by atoms with Crippen LogP contribution in [0.2, 0.25) is 5.02 Å². The average molecular weight is 500 g/mol.